The highest BCUT2D eigenvalue weighted by Crippen LogP contribution is 2.29. The molecule has 2 aliphatic heterocycles. The van der Waals surface area contributed by atoms with Gasteiger partial charge in [-0.1, -0.05) is 11.6 Å². The summed E-state index contributed by atoms with van der Waals surface area (Å²) in [6.45, 7) is 1.83. The summed E-state index contributed by atoms with van der Waals surface area (Å²) in [7, 11) is 0. The fourth-order valence-electron chi connectivity index (χ4n) is 2.34. The third-order valence-electron chi connectivity index (χ3n) is 3.02. The van der Waals surface area contributed by atoms with Crippen molar-refractivity contribution >= 4 is 40.0 Å². The van der Waals surface area contributed by atoms with E-state index in [-0.39, 0.29) is 0 Å². The highest BCUT2D eigenvalue weighted by molar-refractivity contribution is 14.1. The molecule has 0 saturated carbocycles. The Hall–Kier alpha value is -0.140. The lowest BCUT2D eigenvalue weighted by molar-refractivity contribution is 0.0302. The maximum absolute atomic E-state index is 5.94. The van der Waals surface area contributed by atoms with Crippen molar-refractivity contribution in [2.45, 2.75) is 25.0 Å². The normalized spacial score (nSPS) is 28.5. The van der Waals surface area contributed by atoms with Crippen LogP contribution in [0.1, 0.15) is 12.8 Å². The van der Waals surface area contributed by atoms with Gasteiger partial charge in [0.1, 0.15) is 11.0 Å². The molecule has 0 aliphatic carbocycles. The Balaban J connectivity index is 1.86. The largest absolute Gasteiger partial charge is 0.371 e. The topological polar surface area (TPSA) is 38.2 Å². The van der Waals surface area contributed by atoms with E-state index in [9.17, 15) is 0 Å². The van der Waals surface area contributed by atoms with Crippen LogP contribution in [0.2, 0.25) is 5.15 Å². The van der Waals surface area contributed by atoms with Gasteiger partial charge in [-0.3, -0.25) is 0 Å². The summed E-state index contributed by atoms with van der Waals surface area (Å²) in [6, 6.07) is 1.83. The number of fused-ring (bicyclic) bond motifs is 2. The van der Waals surface area contributed by atoms with Gasteiger partial charge in [0.2, 0.25) is 0 Å². The molecule has 2 saturated heterocycles. The summed E-state index contributed by atoms with van der Waals surface area (Å²) < 4.78 is 6.48. The average Bonchev–Trinajstić information content (AvgIpc) is 2.56. The molecule has 3 rings (SSSR count). The Kier molecular flexibility index (Phi) is 2.93. The number of hydrogen-bond acceptors (Lipinski definition) is 4. The van der Waals surface area contributed by atoms with E-state index in [1.165, 1.54) is 0 Å². The monoisotopic (exact) mass is 351 g/mol. The highest BCUT2D eigenvalue weighted by Gasteiger charge is 2.34. The van der Waals surface area contributed by atoms with Gasteiger partial charge in [-0.25, -0.2) is 9.97 Å². The van der Waals surface area contributed by atoms with Crippen LogP contribution in [0.3, 0.4) is 0 Å². The number of rotatable bonds is 1. The van der Waals surface area contributed by atoms with Crippen LogP contribution in [-0.2, 0) is 4.74 Å². The molecule has 4 nitrogen and oxygen atoms in total. The number of nitrogens with zero attached hydrogens (tertiary/aromatic N) is 3. The zero-order valence-corrected chi connectivity index (χ0v) is 11.5. The fourth-order valence-corrected chi connectivity index (χ4v) is 3.17. The third kappa shape index (κ3) is 2.12. The Morgan fingerprint density at radius 1 is 1.31 bits per heavy atom. The molecule has 0 spiro atoms. The van der Waals surface area contributed by atoms with Crippen LogP contribution in [0.25, 0.3) is 0 Å². The Bertz CT molecular complexity index is 385. The molecule has 16 heavy (non-hydrogen) atoms. The number of aromatic nitrogens is 2. The highest BCUT2D eigenvalue weighted by atomic mass is 127. The fraction of sp³-hybridized carbons (Fsp3) is 0.600. The van der Waals surface area contributed by atoms with Gasteiger partial charge in [0.05, 0.1) is 12.2 Å². The molecule has 2 bridgehead atoms. The van der Waals surface area contributed by atoms with Crippen LogP contribution in [0.5, 0.6) is 0 Å². The van der Waals surface area contributed by atoms with Crippen LogP contribution in [0.15, 0.2) is 6.07 Å². The SMILES string of the molecule is Clc1cc(N2CC3CCC(C2)O3)nc(I)n1. The lowest BCUT2D eigenvalue weighted by Crippen LogP contribution is -2.43. The minimum Gasteiger partial charge on any atom is -0.371 e. The zero-order valence-electron chi connectivity index (χ0n) is 8.57. The molecule has 3 heterocycles. The van der Waals surface area contributed by atoms with Gasteiger partial charge in [-0.05, 0) is 12.8 Å². The van der Waals surface area contributed by atoms with Crippen molar-refractivity contribution in [3.8, 4) is 0 Å². The average molecular weight is 352 g/mol. The first-order valence-corrected chi connectivity index (χ1v) is 6.77. The van der Waals surface area contributed by atoms with E-state index in [0.29, 0.717) is 21.2 Å². The molecule has 6 heteroatoms. The smallest absolute Gasteiger partial charge is 0.194 e. The molecule has 0 amide bonds. The van der Waals surface area contributed by atoms with Gasteiger partial charge in [-0.15, -0.1) is 0 Å². The zero-order chi connectivity index (χ0) is 11.1. The van der Waals surface area contributed by atoms with Crippen LogP contribution in [-0.4, -0.2) is 35.3 Å². The lowest BCUT2D eigenvalue weighted by Gasteiger charge is -2.32. The van der Waals surface area contributed by atoms with Crippen molar-refractivity contribution in [2.75, 3.05) is 18.0 Å². The van der Waals surface area contributed by atoms with Crippen molar-refractivity contribution in [3.05, 3.63) is 15.1 Å². The molecule has 2 atom stereocenters. The van der Waals surface area contributed by atoms with Crippen molar-refractivity contribution in [1.82, 2.24) is 9.97 Å². The molecule has 1 aromatic rings. The molecule has 1 aromatic heterocycles. The molecule has 0 radical (unpaired) electrons. The third-order valence-corrected chi connectivity index (χ3v) is 3.70. The second-order valence-corrected chi connectivity index (χ2v) is 5.53. The van der Waals surface area contributed by atoms with Crippen LogP contribution in [0.4, 0.5) is 5.82 Å². The van der Waals surface area contributed by atoms with E-state index < -0.39 is 0 Å². The first-order chi connectivity index (χ1) is 7.70. The van der Waals surface area contributed by atoms with Gasteiger partial charge >= 0.3 is 0 Å². The first kappa shape index (κ1) is 11.0. The molecule has 2 aliphatic rings. The van der Waals surface area contributed by atoms with Gasteiger partial charge in [0.25, 0.3) is 0 Å². The van der Waals surface area contributed by atoms with Gasteiger partial charge < -0.3 is 9.64 Å². The van der Waals surface area contributed by atoms with Gasteiger partial charge in [0, 0.05) is 41.7 Å². The molecular formula is C10H11ClIN3O. The van der Waals surface area contributed by atoms with Crippen molar-refractivity contribution in [2.24, 2.45) is 0 Å². The summed E-state index contributed by atoms with van der Waals surface area (Å²) in [5.41, 5.74) is 0. The van der Waals surface area contributed by atoms with Crippen molar-refractivity contribution in [3.63, 3.8) is 0 Å². The summed E-state index contributed by atoms with van der Waals surface area (Å²) >= 11 is 8.03. The van der Waals surface area contributed by atoms with E-state index in [0.717, 1.165) is 31.7 Å². The lowest BCUT2D eigenvalue weighted by atomic mass is 10.2. The van der Waals surface area contributed by atoms with Crippen LogP contribution in [0, 0.1) is 3.83 Å². The van der Waals surface area contributed by atoms with Crippen molar-refractivity contribution in [1.29, 1.82) is 0 Å². The molecule has 0 N–H and O–H groups in total. The summed E-state index contributed by atoms with van der Waals surface area (Å²) in [6.07, 6.45) is 3.06. The maximum atomic E-state index is 5.94. The number of morpholine rings is 1. The first-order valence-electron chi connectivity index (χ1n) is 5.31. The molecular weight excluding hydrogens is 340 g/mol. The number of anilines is 1. The minimum atomic E-state index is 0.366. The predicted molar refractivity (Wildman–Crippen MR) is 69.9 cm³/mol. The Morgan fingerprint density at radius 3 is 2.62 bits per heavy atom. The molecule has 2 unspecified atom stereocenters. The van der Waals surface area contributed by atoms with E-state index in [1.54, 1.807) is 0 Å². The standard InChI is InChI=1S/C10H11ClIN3O/c11-8-3-9(14-10(12)13-8)15-4-6-1-2-7(5-15)16-6/h3,6-7H,1-2,4-5H2. The summed E-state index contributed by atoms with van der Waals surface area (Å²) in [5, 5.41) is 0.508. The molecule has 86 valence electrons. The van der Waals surface area contributed by atoms with E-state index >= 15 is 0 Å². The quantitative estimate of drug-likeness (QED) is 0.441. The Labute approximate surface area is 112 Å². The number of hydrogen-bond donors (Lipinski definition) is 0. The van der Waals surface area contributed by atoms with Gasteiger partial charge in [0.15, 0.2) is 3.83 Å². The van der Waals surface area contributed by atoms with Crippen molar-refractivity contribution < 1.29 is 4.74 Å². The number of ether oxygens (including phenoxy) is 1. The summed E-state index contributed by atoms with van der Waals surface area (Å²) in [5.74, 6) is 0.921. The van der Waals surface area contributed by atoms with E-state index in [2.05, 4.69) is 37.5 Å². The van der Waals surface area contributed by atoms with E-state index in [1.807, 2.05) is 6.07 Å². The number of halogens is 2. The van der Waals surface area contributed by atoms with Gasteiger partial charge in [-0.2, -0.15) is 0 Å². The minimum absolute atomic E-state index is 0.366. The second kappa shape index (κ2) is 4.27. The predicted octanol–water partition coefficient (Wildman–Crippen LogP) is 2.10. The maximum Gasteiger partial charge on any atom is 0.194 e. The second-order valence-electron chi connectivity index (χ2n) is 4.18. The molecule has 0 aromatic carbocycles. The van der Waals surface area contributed by atoms with E-state index in [4.69, 9.17) is 16.3 Å². The molecule has 2 fully saturated rings. The summed E-state index contributed by atoms with van der Waals surface area (Å²) in [4.78, 5) is 10.7. The Morgan fingerprint density at radius 2 is 2.00 bits per heavy atom. The van der Waals surface area contributed by atoms with Crippen LogP contribution >= 0.6 is 34.2 Å². The van der Waals surface area contributed by atoms with Crippen LogP contribution < -0.4 is 4.90 Å².